The van der Waals surface area contributed by atoms with E-state index in [-0.39, 0.29) is 5.69 Å². The van der Waals surface area contributed by atoms with E-state index >= 15 is 0 Å². The maximum absolute atomic E-state index is 13.8. The number of rotatable bonds is 9. The van der Waals surface area contributed by atoms with Crippen molar-refractivity contribution in [3.8, 4) is 22.5 Å². The quantitative estimate of drug-likeness (QED) is 0.375. The molecule has 1 fully saturated rings. The fraction of sp³-hybridized carbons (Fsp3) is 0.444. The molecule has 182 valence electrons. The number of hydrogen-bond donors (Lipinski definition) is 1. The third-order valence-electron chi connectivity index (χ3n) is 7.49. The smallest absolute Gasteiger partial charge is 0.295 e. The van der Waals surface area contributed by atoms with Crippen LogP contribution in [0.4, 0.5) is 0 Å². The highest BCUT2D eigenvalue weighted by molar-refractivity contribution is 5.81. The Morgan fingerprint density at radius 3 is 2.66 bits per heavy atom. The Hall–Kier alpha value is -3.55. The van der Waals surface area contributed by atoms with Crippen molar-refractivity contribution in [2.24, 2.45) is 11.8 Å². The van der Waals surface area contributed by atoms with Gasteiger partial charge in [0.05, 0.1) is 6.54 Å². The van der Waals surface area contributed by atoms with Crippen molar-refractivity contribution in [1.82, 2.24) is 34.7 Å². The average Bonchev–Trinajstić information content (AvgIpc) is 3.51. The van der Waals surface area contributed by atoms with E-state index in [9.17, 15) is 4.79 Å². The van der Waals surface area contributed by atoms with E-state index < -0.39 is 0 Å². The molecule has 3 aromatic heterocycles. The molecule has 1 N–H and O–H groups in total. The lowest BCUT2D eigenvalue weighted by molar-refractivity contribution is 0.0882. The molecule has 1 saturated carbocycles. The van der Waals surface area contributed by atoms with E-state index in [0.29, 0.717) is 30.2 Å². The van der Waals surface area contributed by atoms with E-state index in [4.69, 9.17) is 0 Å². The van der Waals surface area contributed by atoms with Gasteiger partial charge in [-0.3, -0.25) is 14.1 Å². The van der Waals surface area contributed by atoms with Gasteiger partial charge in [-0.05, 0) is 59.1 Å². The largest absolute Gasteiger partial charge is 0.328 e. The van der Waals surface area contributed by atoms with Crippen LogP contribution in [-0.2, 0) is 13.0 Å². The van der Waals surface area contributed by atoms with Crippen molar-refractivity contribution in [1.29, 1.82) is 0 Å². The second-order valence-corrected chi connectivity index (χ2v) is 9.69. The Kier molecular flexibility index (Phi) is 6.61. The number of nitrogens with one attached hydrogen (secondary N) is 1. The predicted molar refractivity (Wildman–Crippen MR) is 136 cm³/mol. The predicted octanol–water partition coefficient (Wildman–Crippen LogP) is 4.89. The summed E-state index contributed by atoms with van der Waals surface area (Å²) in [7, 11) is 0. The molecule has 1 aliphatic rings. The molecule has 1 aliphatic carbocycles. The lowest BCUT2D eigenvalue weighted by atomic mass is 9.69. The van der Waals surface area contributed by atoms with Crippen molar-refractivity contribution < 1.29 is 0 Å². The number of unbranched alkanes of at least 4 members (excludes halogenated alkanes) is 1. The Morgan fingerprint density at radius 1 is 1.11 bits per heavy atom. The normalized spacial score (nSPS) is 19.6. The van der Waals surface area contributed by atoms with Gasteiger partial charge in [0.25, 0.3) is 0 Å². The van der Waals surface area contributed by atoms with Gasteiger partial charge in [-0.2, -0.15) is 5.21 Å². The summed E-state index contributed by atoms with van der Waals surface area (Å²) in [5, 5.41) is 14.6. The van der Waals surface area contributed by atoms with E-state index in [0.717, 1.165) is 53.6 Å². The third-order valence-corrected chi connectivity index (χ3v) is 7.49. The van der Waals surface area contributed by atoms with Crippen LogP contribution in [0.3, 0.4) is 0 Å². The maximum Gasteiger partial charge on any atom is 0.328 e. The first-order valence-electron chi connectivity index (χ1n) is 12.7. The lowest BCUT2D eigenvalue weighted by Gasteiger charge is -2.43. The van der Waals surface area contributed by atoms with Crippen LogP contribution in [-0.4, -0.2) is 34.7 Å². The average molecular weight is 472 g/mol. The first-order chi connectivity index (χ1) is 17.1. The van der Waals surface area contributed by atoms with Crippen LogP contribution in [0.5, 0.6) is 0 Å². The number of tetrazole rings is 1. The van der Waals surface area contributed by atoms with Gasteiger partial charge in [0, 0.05) is 35.9 Å². The maximum atomic E-state index is 13.8. The number of aromatic nitrogens is 7. The van der Waals surface area contributed by atoms with Crippen LogP contribution in [0.1, 0.15) is 63.8 Å². The molecule has 4 aromatic rings. The minimum absolute atomic E-state index is 0.0901. The minimum atomic E-state index is 0.0901. The number of hydrogen-bond acceptors (Lipinski definition) is 5. The molecule has 0 bridgehead atoms. The van der Waals surface area contributed by atoms with Gasteiger partial charge < -0.3 is 0 Å². The van der Waals surface area contributed by atoms with Crippen molar-refractivity contribution >= 4 is 0 Å². The van der Waals surface area contributed by atoms with Crippen molar-refractivity contribution in [2.75, 3.05) is 0 Å². The van der Waals surface area contributed by atoms with Gasteiger partial charge in [-0.25, -0.2) is 4.79 Å². The first kappa shape index (κ1) is 23.2. The second kappa shape index (κ2) is 9.98. The summed E-state index contributed by atoms with van der Waals surface area (Å²) in [6.45, 7) is 7.16. The number of imidazole rings is 1. The Bertz CT molecular complexity index is 1340. The summed E-state index contributed by atoms with van der Waals surface area (Å²) in [5.41, 5.74) is 5.09. The molecular formula is C27H33N7O. The van der Waals surface area contributed by atoms with Crippen LogP contribution in [0.25, 0.3) is 22.5 Å². The van der Waals surface area contributed by atoms with Crippen molar-refractivity contribution in [3.63, 3.8) is 0 Å². The zero-order valence-electron chi connectivity index (χ0n) is 20.7. The Balaban J connectivity index is 1.57. The van der Waals surface area contributed by atoms with Crippen molar-refractivity contribution in [2.45, 2.75) is 65.5 Å². The van der Waals surface area contributed by atoms with Gasteiger partial charge >= 0.3 is 5.69 Å². The first-order valence-corrected chi connectivity index (χ1v) is 12.7. The van der Waals surface area contributed by atoms with Crippen molar-refractivity contribution in [3.05, 3.63) is 70.7 Å². The molecule has 0 radical (unpaired) electrons. The van der Waals surface area contributed by atoms with Gasteiger partial charge in [0.15, 0.2) is 0 Å². The highest BCUT2D eigenvalue weighted by Crippen LogP contribution is 2.45. The van der Waals surface area contributed by atoms with Gasteiger partial charge in [0.2, 0.25) is 5.82 Å². The SMILES string of the molecule is CCCCc1cn(C2C(C)CC2CC)c(=O)n1Cc1cnccc1-c1ccccc1-c1nn[nH]n1. The second-order valence-electron chi connectivity index (χ2n) is 9.69. The molecule has 5 rings (SSSR count). The Morgan fingerprint density at radius 2 is 1.94 bits per heavy atom. The van der Waals surface area contributed by atoms with Crippen LogP contribution in [0, 0.1) is 11.8 Å². The molecule has 0 spiro atoms. The summed E-state index contributed by atoms with van der Waals surface area (Å²) in [6.07, 6.45) is 11.1. The number of H-pyrrole nitrogens is 1. The van der Waals surface area contributed by atoms with Crippen LogP contribution in [0.15, 0.2) is 53.7 Å². The number of pyridine rings is 1. The van der Waals surface area contributed by atoms with Gasteiger partial charge in [0.1, 0.15) is 0 Å². The molecule has 0 aliphatic heterocycles. The van der Waals surface area contributed by atoms with Crippen LogP contribution >= 0.6 is 0 Å². The fourth-order valence-electron chi connectivity index (χ4n) is 5.60. The summed E-state index contributed by atoms with van der Waals surface area (Å²) >= 11 is 0. The molecule has 8 nitrogen and oxygen atoms in total. The number of benzene rings is 1. The lowest BCUT2D eigenvalue weighted by Crippen LogP contribution is -2.41. The molecule has 3 heterocycles. The topological polar surface area (TPSA) is 94.3 Å². The molecular weight excluding hydrogens is 438 g/mol. The van der Waals surface area contributed by atoms with E-state index in [1.165, 1.54) is 6.42 Å². The zero-order valence-corrected chi connectivity index (χ0v) is 20.7. The van der Waals surface area contributed by atoms with E-state index in [1.807, 2.05) is 39.6 Å². The molecule has 1 aromatic carbocycles. The molecule has 0 amide bonds. The van der Waals surface area contributed by atoms with E-state index in [2.05, 4.69) is 58.6 Å². The number of aromatic amines is 1. The zero-order chi connectivity index (χ0) is 24.4. The number of aryl methyl sites for hydroxylation is 1. The minimum Gasteiger partial charge on any atom is -0.295 e. The molecule has 3 atom stereocenters. The molecule has 8 heteroatoms. The molecule has 3 unspecified atom stereocenters. The number of nitrogens with zero attached hydrogens (tertiary/aromatic N) is 6. The van der Waals surface area contributed by atoms with Crippen LogP contribution < -0.4 is 5.69 Å². The standard InChI is InChI=1S/C27H33N7O/c1-4-6-9-21-17-34(25-18(3)14-19(25)5-2)27(35)33(21)16-20-15-28-13-12-22(20)23-10-7-8-11-24(23)26-29-31-32-30-26/h7-8,10-13,15,17-19,25H,4-6,9,14,16H2,1-3H3,(H,29,30,31,32). The van der Waals surface area contributed by atoms with Gasteiger partial charge in [-0.1, -0.05) is 57.9 Å². The Labute approximate surface area is 205 Å². The highest BCUT2D eigenvalue weighted by atomic mass is 16.1. The summed E-state index contributed by atoms with van der Waals surface area (Å²) in [4.78, 5) is 18.2. The summed E-state index contributed by atoms with van der Waals surface area (Å²) in [6, 6.07) is 10.3. The molecule has 35 heavy (non-hydrogen) atoms. The highest BCUT2D eigenvalue weighted by Gasteiger charge is 2.39. The fourth-order valence-corrected chi connectivity index (χ4v) is 5.60. The van der Waals surface area contributed by atoms with Crippen LogP contribution in [0.2, 0.25) is 0 Å². The summed E-state index contributed by atoms with van der Waals surface area (Å²) in [5.74, 6) is 1.65. The van der Waals surface area contributed by atoms with E-state index in [1.54, 1.807) is 6.20 Å². The molecule has 0 saturated heterocycles. The summed E-state index contributed by atoms with van der Waals surface area (Å²) < 4.78 is 3.99. The monoisotopic (exact) mass is 471 g/mol. The third kappa shape index (κ3) is 4.33. The van der Waals surface area contributed by atoms with Gasteiger partial charge in [-0.15, -0.1) is 10.2 Å².